The highest BCUT2D eigenvalue weighted by molar-refractivity contribution is 6.09. The molecule has 0 radical (unpaired) electrons. The summed E-state index contributed by atoms with van der Waals surface area (Å²) >= 11 is 0. The first-order valence-electron chi connectivity index (χ1n) is 7.84. The van der Waals surface area contributed by atoms with E-state index in [-0.39, 0.29) is 11.8 Å². The lowest BCUT2D eigenvalue weighted by molar-refractivity contribution is -0.123. The van der Waals surface area contributed by atoms with E-state index in [4.69, 9.17) is 0 Å². The Bertz CT molecular complexity index is 568. The Labute approximate surface area is 125 Å². The zero-order chi connectivity index (χ0) is 14.8. The molecule has 1 aliphatic heterocycles. The van der Waals surface area contributed by atoms with Crippen molar-refractivity contribution in [2.45, 2.75) is 39.0 Å². The second-order valence-electron chi connectivity index (χ2n) is 6.17. The zero-order valence-corrected chi connectivity index (χ0v) is 12.5. The maximum atomic E-state index is 12.9. The maximum Gasteiger partial charge on any atom is 0.230 e. The van der Waals surface area contributed by atoms with E-state index >= 15 is 0 Å². The molecule has 3 rings (SSSR count). The van der Waals surface area contributed by atoms with Crippen LogP contribution >= 0.6 is 0 Å². The average Bonchev–Trinajstić information content (AvgIpc) is 2.84. The molecule has 1 aromatic carbocycles. The van der Waals surface area contributed by atoms with Crippen LogP contribution in [0.2, 0.25) is 0 Å². The summed E-state index contributed by atoms with van der Waals surface area (Å²) in [6.07, 6.45) is 4.84. The smallest absolute Gasteiger partial charge is 0.230 e. The molecule has 1 N–H and O–H groups in total. The summed E-state index contributed by atoms with van der Waals surface area (Å²) in [6.45, 7) is 2.89. The Morgan fingerprint density at radius 2 is 2.10 bits per heavy atom. The number of carbonyl (C=O) groups is 1. The molecule has 1 heterocycles. The summed E-state index contributed by atoms with van der Waals surface area (Å²) in [5.41, 5.74) is 2.46. The highest BCUT2D eigenvalue weighted by Crippen LogP contribution is 2.35. The summed E-state index contributed by atoms with van der Waals surface area (Å²) < 4.78 is 0. The van der Waals surface area contributed by atoms with E-state index in [0.717, 1.165) is 36.9 Å². The Morgan fingerprint density at radius 1 is 1.29 bits per heavy atom. The Balaban J connectivity index is 1.97. The molecule has 1 amide bonds. The van der Waals surface area contributed by atoms with E-state index in [0.29, 0.717) is 24.6 Å². The number of fused-ring (bicyclic) bond motifs is 1. The van der Waals surface area contributed by atoms with Crippen molar-refractivity contribution in [3.8, 4) is 0 Å². The molecule has 1 aromatic rings. The molecule has 1 fully saturated rings. The summed E-state index contributed by atoms with van der Waals surface area (Å²) in [4.78, 5) is 14.9. The van der Waals surface area contributed by atoms with Gasteiger partial charge in [-0.1, -0.05) is 36.7 Å². The molecule has 2 aliphatic rings. The first-order chi connectivity index (χ1) is 10.2. The topological polar surface area (TPSA) is 52.9 Å². The quantitative estimate of drug-likeness (QED) is 0.635. The van der Waals surface area contributed by atoms with Crippen molar-refractivity contribution in [2.75, 3.05) is 11.4 Å². The van der Waals surface area contributed by atoms with Gasteiger partial charge in [0.2, 0.25) is 5.91 Å². The Kier molecular flexibility index (Phi) is 3.95. The van der Waals surface area contributed by atoms with Crippen LogP contribution in [0.4, 0.5) is 5.69 Å². The first-order valence-corrected chi connectivity index (χ1v) is 7.84. The van der Waals surface area contributed by atoms with Crippen molar-refractivity contribution >= 4 is 17.3 Å². The van der Waals surface area contributed by atoms with Gasteiger partial charge in [0.1, 0.15) is 0 Å². The van der Waals surface area contributed by atoms with Gasteiger partial charge in [-0.05, 0) is 37.7 Å². The van der Waals surface area contributed by atoms with Crippen LogP contribution in [0.25, 0.3) is 0 Å². The fraction of sp³-hybridized carbons (Fsp3) is 0.529. The number of nitrogens with zero attached hydrogens (tertiary/aromatic N) is 2. The number of rotatable bonds is 1. The monoisotopic (exact) mass is 286 g/mol. The molecule has 4 nitrogen and oxygen atoms in total. The Morgan fingerprint density at radius 3 is 2.81 bits per heavy atom. The average molecular weight is 286 g/mol. The SMILES string of the molecule is CC1CCCC1C(=O)N1CCC/C(=N/O)c2ccccc21. The number of hydrogen-bond donors (Lipinski definition) is 1. The van der Waals surface area contributed by atoms with Crippen molar-refractivity contribution in [3.63, 3.8) is 0 Å². The minimum absolute atomic E-state index is 0.144. The fourth-order valence-corrected chi connectivity index (χ4v) is 3.66. The highest BCUT2D eigenvalue weighted by Gasteiger charge is 2.35. The largest absolute Gasteiger partial charge is 0.411 e. The predicted octanol–water partition coefficient (Wildman–Crippen LogP) is 3.43. The van der Waals surface area contributed by atoms with E-state index < -0.39 is 0 Å². The van der Waals surface area contributed by atoms with Gasteiger partial charge in [0, 0.05) is 18.0 Å². The molecule has 0 spiro atoms. The second kappa shape index (κ2) is 5.88. The van der Waals surface area contributed by atoms with E-state index in [1.165, 1.54) is 0 Å². The van der Waals surface area contributed by atoms with Gasteiger partial charge in [-0.15, -0.1) is 0 Å². The van der Waals surface area contributed by atoms with Crippen LogP contribution in [0, 0.1) is 11.8 Å². The fourth-order valence-electron chi connectivity index (χ4n) is 3.66. The summed E-state index contributed by atoms with van der Waals surface area (Å²) in [6, 6.07) is 7.77. The van der Waals surface area contributed by atoms with Crippen LogP contribution in [0.15, 0.2) is 29.4 Å². The van der Waals surface area contributed by atoms with E-state index in [2.05, 4.69) is 12.1 Å². The van der Waals surface area contributed by atoms with Gasteiger partial charge in [0.25, 0.3) is 0 Å². The van der Waals surface area contributed by atoms with Crippen LogP contribution in [0.3, 0.4) is 0 Å². The van der Waals surface area contributed by atoms with Crippen molar-refractivity contribution in [1.29, 1.82) is 0 Å². The van der Waals surface area contributed by atoms with Gasteiger partial charge < -0.3 is 10.1 Å². The van der Waals surface area contributed by atoms with Crippen LogP contribution in [0.1, 0.15) is 44.6 Å². The molecule has 0 aromatic heterocycles. The third-order valence-electron chi connectivity index (χ3n) is 4.87. The minimum Gasteiger partial charge on any atom is -0.411 e. The van der Waals surface area contributed by atoms with Crippen LogP contribution < -0.4 is 4.90 Å². The van der Waals surface area contributed by atoms with Crippen molar-refractivity contribution in [1.82, 2.24) is 0 Å². The number of carbonyl (C=O) groups excluding carboxylic acids is 1. The standard InChI is InChI=1S/C17H22N2O2/c1-12-6-4-8-13(12)17(20)19-11-5-9-15(18-21)14-7-2-3-10-16(14)19/h2-3,7,10,12-13,21H,4-6,8-9,11H2,1H3/b18-15-. The number of benzene rings is 1. The molecule has 0 bridgehead atoms. The normalized spacial score (nSPS) is 27.5. The van der Waals surface area contributed by atoms with Crippen molar-refractivity contribution in [3.05, 3.63) is 29.8 Å². The van der Waals surface area contributed by atoms with Gasteiger partial charge >= 0.3 is 0 Å². The van der Waals surface area contributed by atoms with Crippen LogP contribution in [-0.2, 0) is 4.79 Å². The number of amides is 1. The molecule has 2 atom stereocenters. The zero-order valence-electron chi connectivity index (χ0n) is 12.5. The molecule has 4 heteroatoms. The van der Waals surface area contributed by atoms with Gasteiger partial charge in [0.05, 0.1) is 11.4 Å². The number of para-hydroxylation sites is 1. The lowest BCUT2D eigenvalue weighted by Crippen LogP contribution is -2.37. The number of oxime groups is 1. The lowest BCUT2D eigenvalue weighted by atomic mass is 9.96. The van der Waals surface area contributed by atoms with E-state index in [1.54, 1.807) is 0 Å². The molecule has 1 saturated carbocycles. The van der Waals surface area contributed by atoms with Crippen molar-refractivity contribution < 1.29 is 10.0 Å². The summed E-state index contributed by atoms with van der Waals surface area (Å²) in [5, 5.41) is 12.7. The maximum absolute atomic E-state index is 12.9. The molecular weight excluding hydrogens is 264 g/mol. The Hall–Kier alpha value is -1.84. The third-order valence-corrected chi connectivity index (χ3v) is 4.87. The first kappa shape index (κ1) is 14.1. The summed E-state index contributed by atoms with van der Waals surface area (Å²) in [5.74, 6) is 0.858. The third kappa shape index (κ3) is 2.55. The predicted molar refractivity (Wildman–Crippen MR) is 82.9 cm³/mol. The molecular formula is C17H22N2O2. The van der Waals surface area contributed by atoms with Crippen LogP contribution in [0.5, 0.6) is 0 Å². The lowest BCUT2D eigenvalue weighted by Gasteiger charge is -2.27. The van der Waals surface area contributed by atoms with Gasteiger partial charge in [0.15, 0.2) is 0 Å². The van der Waals surface area contributed by atoms with Crippen molar-refractivity contribution in [2.24, 2.45) is 17.0 Å². The highest BCUT2D eigenvalue weighted by atomic mass is 16.4. The molecule has 0 saturated heterocycles. The van der Waals surface area contributed by atoms with Gasteiger partial charge in [-0.3, -0.25) is 4.79 Å². The van der Waals surface area contributed by atoms with Gasteiger partial charge in [-0.25, -0.2) is 0 Å². The van der Waals surface area contributed by atoms with Gasteiger partial charge in [-0.2, -0.15) is 0 Å². The minimum atomic E-state index is 0.144. The van der Waals surface area contributed by atoms with E-state index in [1.807, 2.05) is 29.2 Å². The second-order valence-corrected chi connectivity index (χ2v) is 6.17. The molecule has 1 aliphatic carbocycles. The molecule has 21 heavy (non-hydrogen) atoms. The number of hydrogen-bond acceptors (Lipinski definition) is 3. The molecule has 2 unspecified atom stereocenters. The molecule has 112 valence electrons. The number of anilines is 1. The van der Waals surface area contributed by atoms with E-state index in [9.17, 15) is 10.0 Å². The summed E-state index contributed by atoms with van der Waals surface area (Å²) in [7, 11) is 0. The van der Waals surface area contributed by atoms with Crippen LogP contribution in [-0.4, -0.2) is 23.4 Å².